The second-order valence-corrected chi connectivity index (χ2v) is 10.2. The molecule has 28 heavy (non-hydrogen) atoms. The lowest BCUT2D eigenvalue weighted by atomic mass is 9.44. The van der Waals surface area contributed by atoms with Gasteiger partial charge in [0, 0.05) is 18.9 Å². The smallest absolute Gasteiger partial charge is 0.330 e. The van der Waals surface area contributed by atoms with E-state index in [0.29, 0.717) is 29.8 Å². The monoisotopic (exact) mass is 392 g/mol. The predicted molar refractivity (Wildman–Crippen MR) is 111 cm³/mol. The SMILES string of the molecule is CCOC(=O)/C=C(\C)CC[C@]1(C)[C@@H]2CC3(C[C@H](C)[C@]2(C)CC[C@H]1C)OCCO3. The van der Waals surface area contributed by atoms with E-state index in [1.165, 1.54) is 12.8 Å². The summed E-state index contributed by atoms with van der Waals surface area (Å²) in [4.78, 5) is 11.8. The highest BCUT2D eigenvalue weighted by Gasteiger charge is 2.61. The normalized spacial score (nSPS) is 40.4. The minimum atomic E-state index is -0.363. The molecule has 1 spiro atoms. The molecule has 1 heterocycles. The van der Waals surface area contributed by atoms with Crippen LogP contribution < -0.4 is 0 Å². The number of fused-ring (bicyclic) bond motifs is 1. The molecule has 3 rings (SSSR count). The molecule has 1 saturated heterocycles. The molecule has 0 bridgehead atoms. The topological polar surface area (TPSA) is 44.8 Å². The van der Waals surface area contributed by atoms with Gasteiger partial charge < -0.3 is 14.2 Å². The quantitative estimate of drug-likeness (QED) is 0.457. The summed E-state index contributed by atoms with van der Waals surface area (Å²) in [5, 5.41) is 0. The number of ether oxygens (including phenoxy) is 3. The molecule has 0 aromatic carbocycles. The molecule has 2 aliphatic carbocycles. The fourth-order valence-electron chi connectivity index (χ4n) is 6.36. The van der Waals surface area contributed by atoms with E-state index in [9.17, 15) is 4.79 Å². The van der Waals surface area contributed by atoms with Crippen LogP contribution in [0.25, 0.3) is 0 Å². The first-order valence-corrected chi connectivity index (χ1v) is 11.3. The number of hydrogen-bond donors (Lipinski definition) is 0. The zero-order chi connectivity index (χ0) is 20.6. The van der Waals surface area contributed by atoms with Crippen LogP contribution in [0.3, 0.4) is 0 Å². The van der Waals surface area contributed by atoms with E-state index in [-0.39, 0.29) is 17.2 Å². The Labute approximate surface area is 171 Å². The molecule has 0 unspecified atom stereocenters. The van der Waals surface area contributed by atoms with Gasteiger partial charge >= 0.3 is 5.97 Å². The molecule has 0 N–H and O–H groups in total. The molecular weight excluding hydrogens is 352 g/mol. The van der Waals surface area contributed by atoms with Crippen molar-refractivity contribution in [3.63, 3.8) is 0 Å². The second kappa shape index (κ2) is 8.10. The third-order valence-electron chi connectivity index (χ3n) is 8.61. The molecule has 4 nitrogen and oxygen atoms in total. The van der Waals surface area contributed by atoms with Crippen molar-refractivity contribution in [2.75, 3.05) is 19.8 Å². The molecule has 5 atom stereocenters. The van der Waals surface area contributed by atoms with Crippen molar-refractivity contribution in [3.8, 4) is 0 Å². The average Bonchev–Trinajstić information content (AvgIpc) is 3.08. The maximum Gasteiger partial charge on any atom is 0.330 e. The van der Waals surface area contributed by atoms with Gasteiger partial charge in [-0.25, -0.2) is 4.79 Å². The molecule has 1 aliphatic heterocycles. The third-order valence-corrected chi connectivity index (χ3v) is 8.61. The Balaban J connectivity index is 1.81. The van der Waals surface area contributed by atoms with Gasteiger partial charge in [0.05, 0.1) is 19.8 Å². The minimum absolute atomic E-state index is 0.216. The molecular formula is C24H40O4. The summed E-state index contributed by atoms with van der Waals surface area (Å²) in [5.74, 6) is 1.24. The van der Waals surface area contributed by atoms with E-state index in [4.69, 9.17) is 14.2 Å². The predicted octanol–water partition coefficient (Wildman–Crippen LogP) is 5.51. The van der Waals surface area contributed by atoms with Crippen molar-refractivity contribution in [2.24, 2.45) is 28.6 Å². The summed E-state index contributed by atoms with van der Waals surface area (Å²) >= 11 is 0. The van der Waals surface area contributed by atoms with Crippen LogP contribution >= 0.6 is 0 Å². The Kier molecular flexibility index (Phi) is 6.32. The van der Waals surface area contributed by atoms with Gasteiger partial charge in [-0.05, 0) is 68.1 Å². The van der Waals surface area contributed by atoms with Crippen LogP contribution in [0.5, 0.6) is 0 Å². The summed E-state index contributed by atoms with van der Waals surface area (Å²) < 4.78 is 17.5. The molecule has 2 saturated carbocycles. The Morgan fingerprint density at radius 1 is 1.14 bits per heavy atom. The summed E-state index contributed by atoms with van der Waals surface area (Å²) in [6.07, 6.45) is 8.32. The Morgan fingerprint density at radius 3 is 2.46 bits per heavy atom. The Bertz CT molecular complexity index is 606. The van der Waals surface area contributed by atoms with E-state index in [1.54, 1.807) is 6.08 Å². The number of carbonyl (C=O) groups excluding carboxylic acids is 1. The Morgan fingerprint density at radius 2 is 1.82 bits per heavy atom. The largest absolute Gasteiger partial charge is 0.463 e. The zero-order valence-electron chi connectivity index (χ0n) is 18.8. The van der Waals surface area contributed by atoms with Crippen LogP contribution in [0, 0.1) is 28.6 Å². The maximum absolute atomic E-state index is 11.8. The lowest BCUT2D eigenvalue weighted by molar-refractivity contribution is -0.251. The van der Waals surface area contributed by atoms with Gasteiger partial charge in [-0.3, -0.25) is 0 Å². The fraction of sp³-hybridized carbons (Fsp3) is 0.875. The summed E-state index contributed by atoms with van der Waals surface area (Å²) in [6.45, 7) is 15.6. The number of carbonyl (C=O) groups is 1. The summed E-state index contributed by atoms with van der Waals surface area (Å²) in [5.41, 5.74) is 1.67. The molecule has 3 aliphatic rings. The maximum atomic E-state index is 11.8. The molecule has 0 aromatic rings. The van der Waals surface area contributed by atoms with E-state index < -0.39 is 0 Å². The molecule has 160 valence electrons. The van der Waals surface area contributed by atoms with Crippen LogP contribution in [0.15, 0.2) is 11.6 Å². The van der Waals surface area contributed by atoms with Crippen LogP contribution in [0.2, 0.25) is 0 Å². The number of allylic oxidation sites excluding steroid dienone is 1. The van der Waals surface area contributed by atoms with Gasteiger partial charge in [-0.2, -0.15) is 0 Å². The molecule has 4 heteroatoms. The number of esters is 1. The number of rotatable bonds is 5. The van der Waals surface area contributed by atoms with Gasteiger partial charge in [0.25, 0.3) is 0 Å². The average molecular weight is 393 g/mol. The first kappa shape index (κ1) is 21.8. The zero-order valence-corrected chi connectivity index (χ0v) is 18.8. The highest BCUT2D eigenvalue weighted by molar-refractivity contribution is 5.82. The lowest BCUT2D eigenvalue weighted by Crippen LogP contribution is -2.58. The lowest BCUT2D eigenvalue weighted by Gasteiger charge is -2.62. The first-order chi connectivity index (χ1) is 13.2. The van der Waals surface area contributed by atoms with E-state index in [0.717, 1.165) is 44.5 Å². The number of hydrogen-bond acceptors (Lipinski definition) is 4. The molecule has 0 amide bonds. The summed E-state index contributed by atoms with van der Waals surface area (Å²) in [6, 6.07) is 0. The van der Waals surface area contributed by atoms with E-state index in [1.807, 2.05) is 6.92 Å². The van der Waals surface area contributed by atoms with Gasteiger partial charge in [-0.1, -0.05) is 33.3 Å². The van der Waals surface area contributed by atoms with Crippen molar-refractivity contribution < 1.29 is 19.0 Å². The van der Waals surface area contributed by atoms with Crippen molar-refractivity contribution in [1.29, 1.82) is 0 Å². The van der Waals surface area contributed by atoms with Crippen LogP contribution in [-0.2, 0) is 19.0 Å². The van der Waals surface area contributed by atoms with E-state index >= 15 is 0 Å². The van der Waals surface area contributed by atoms with Crippen molar-refractivity contribution >= 4 is 5.97 Å². The molecule has 3 fully saturated rings. The van der Waals surface area contributed by atoms with Gasteiger partial charge in [0.15, 0.2) is 5.79 Å². The standard InChI is InChI=1S/C24H40O4/c1-7-26-21(25)14-17(2)8-10-22(5)18(3)9-11-23(6)19(4)15-24(16-20(22)23)27-12-13-28-24/h14,18-20H,7-13,15-16H2,1-6H3/b17-14+/t18-,19+,20+,22+,23+/m1/s1. The highest BCUT2D eigenvalue weighted by atomic mass is 16.7. The van der Waals surface area contributed by atoms with Crippen molar-refractivity contribution in [2.45, 2.75) is 85.9 Å². The Hall–Kier alpha value is -0.870. The fourth-order valence-corrected chi connectivity index (χ4v) is 6.36. The second-order valence-electron chi connectivity index (χ2n) is 10.2. The van der Waals surface area contributed by atoms with Crippen molar-refractivity contribution in [3.05, 3.63) is 11.6 Å². The van der Waals surface area contributed by atoms with Crippen LogP contribution in [-0.4, -0.2) is 31.6 Å². The van der Waals surface area contributed by atoms with E-state index in [2.05, 4.69) is 34.6 Å². The van der Waals surface area contributed by atoms with Gasteiger partial charge in [-0.15, -0.1) is 0 Å². The van der Waals surface area contributed by atoms with Crippen LogP contribution in [0.1, 0.15) is 80.1 Å². The van der Waals surface area contributed by atoms with Gasteiger partial charge in [0.1, 0.15) is 0 Å². The minimum Gasteiger partial charge on any atom is -0.463 e. The summed E-state index contributed by atoms with van der Waals surface area (Å²) in [7, 11) is 0. The first-order valence-electron chi connectivity index (χ1n) is 11.3. The molecule has 0 radical (unpaired) electrons. The molecule has 0 aromatic heterocycles. The third kappa shape index (κ3) is 3.92. The van der Waals surface area contributed by atoms with Gasteiger partial charge in [0.2, 0.25) is 0 Å². The highest BCUT2D eigenvalue weighted by Crippen LogP contribution is 2.65. The van der Waals surface area contributed by atoms with Crippen molar-refractivity contribution in [1.82, 2.24) is 0 Å². The van der Waals surface area contributed by atoms with Crippen LogP contribution in [0.4, 0.5) is 0 Å².